The summed E-state index contributed by atoms with van der Waals surface area (Å²) in [6, 6.07) is 11.1. The number of rotatable bonds is 3. The number of hydrogen-bond donors (Lipinski definition) is 2. The second kappa shape index (κ2) is 4.94. The van der Waals surface area contributed by atoms with Gasteiger partial charge in [0, 0.05) is 19.2 Å². The second-order valence-electron chi connectivity index (χ2n) is 4.64. The van der Waals surface area contributed by atoms with E-state index in [1.807, 2.05) is 24.3 Å². The number of aromatic amines is 1. The number of H-pyrrole nitrogens is 1. The number of nitrogens with two attached hydrogens (primary N) is 1. The van der Waals surface area contributed by atoms with Gasteiger partial charge in [-0.3, -0.25) is 4.79 Å². The van der Waals surface area contributed by atoms with E-state index in [4.69, 9.17) is 5.73 Å². The van der Waals surface area contributed by atoms with Gasteiger partial charge in [0.2, 0.25) is 5.56 Å². The molecule has 1 aromatic carbocycles. The summed E-state index contributed by atoms with van der Waals surface area (Å²) in [5.74, 6) is 0.773. The molecule has 3 N–H and O–H groups in total. The van der Waals surface area contributed by atoms with Gasteiger partial charge in [-0.25, -0.2) is 4.98 Å². The summed E-state index contributed by atoms with van der Waals surface area (Å²) in [6.07, 6.45) is 0. The van der Waals surface area contributed by atoms with Gasteiger partial charge in [-0.05, 0) is 30.7 Å². The fourth-order valence-electron chi connectivity index (χ4n) is 2.41. The van der Waals surface area contributed by atoms with Gasteiger partial charge in [-0.15, -0.1) is 0 Å². The van der Waals surface area contributed by atoms with Crippen molar-refractivity contribution in [1.82, 2.24) is 14.5 Å². The fourth-order valence-corrected chi connectivity index (χ4v) is 2.41. The number of aryl methyl sites for hydroxylation is 1. The molecule has 5 nitrogen and oxygen atoms in total. The molecule has 0 bridgehead atoms. The highest BCUT2D eigenvalue weighted by molar-refractivity contribution is 5.80. The normalized spacial score (nSPS) is 11.1. The minimum atomic E-state index is -0.125. The van der Waals surface area contributed by atoms with E-state index in [-0.39, 0.29) is 5.56 Å². The lowest BCUT2D eigenvalue weighted by Crippen LogP contribution is -2.06. The van der Waals surface area contributed by atoms with Crippen LogP contribution in [0.3, 0.4) is 0 Å². The summed E-state index contributed by atoms with van der Waals surface area (Å²) < 4.78 is 2.08. The maximum Gasteiger partial charge on any atom is 0.248 e. The Labute approximate surface area is 116 Å². The van der Waals surface area contributed by atoms with Crippen molar-refractivity contribution < 1.29 is 0 Å². The van der Waals surface area contributed by atoms with Crippen molar-refractivity contribution in [3.63, 3.8) is 0 Å². The van der Waals surface area contributed by atoms with Crippen LogP contribution >= 0.6 is 0 Å². The first-order chi connectivity index (χ1) is 9.72. The predicted octanol–water partition coefficient (Wildman–Crippen LogP) is 1.87. The van der Waals surface area contributed by atoms with E-state index < -0.39 is 0 Å². The van der Waals surface area contributed by atoms with Gasteiger partial charge in [-0.1, -0.05) is 12.1 Å². The Morgan fingerprint density at radius 2 is 2.15 bits per heavy atom. The highest BCUT2D eigenvalue weighted by Gasteiger charge is 2.12. The zero-order valence-electron chi connectivity index (χ0n) is 11.3. The van der Waals surface area contributed by atoms with Gasteiger partial charge >= 0.3 is 0 Å². The lowest BCUT2D eigenvalue weighted by molar-refractivity contribution is 0.792. The van der Waals surface area contributed by atoms with Crippen LogP contribution in [0.25, 0.3) is 22.6 Å². The van der Waals surface area contributed by atoms with Crippen LogP contribution in [0.4, 0.5) is 0 Å². The number of aromatic nitrogens is 3. The molecular weight excluding hydrogens is 252 g/mol. The molecule has 0 spiro atoms. The maximum absolute atomic E-state index is 11.5. The van der Waals surface area contributed by atoms with E-state index in [1.54, 1.807) is 6.07 Å². The number of nitrogens with one attached hydrogen (secondary N) is 1. The van der Waals surface area contributed by atoms with Crippen LogP contribution in [0.1, 0.15) is 12.5 Å². The minimum Gasteiger partial charge on any atom is -0.326 e. The van der Waals surface area contributed by atoms with Crippen molar-refractivity contribution in [3.05, 3.63) is 52.3 Å². The van der Waals surface area contributed by atoms with Crippen LogP contribution in [-0.2, 0) is 13.1 Å². The smallest absolute Gasteiger partial charge is 0.248 e. The Morgan fingerprint density at radius 3 is 2.85 bits per heavy atom. The van der Waals surface area contributed by atoms with E-state index in [0.29, 0.717) is 6.54 Å². The van der Waals surface area contributed by atoms with Gasteiger partial charge in [0.05, 0.1) is 16.7 Å². The molecular formula is C15H16N4O. The SMILES string of the molecule is CCn1c(-c2cccc(=O)[nH]2)nc2cc(CN)ccc21. The quantitative estimate of drug-likeness (QED) is 0.761. The molecule has 0 radical (unpaired) electrons. The predicted molar refractivity (Wildman–Crippen MR) is 79.4 cm³/mol. The number of pyridine rings is 1. The highest BCUT2D eigenvalue weighted by atomic mass is 16.1. The summed E-state index contributed by atoms with van der Waals surface area (Å²) in [5, 5.41) is 0. The molecule has 0 fully saturated rings. The molecule has 0 aliphatic rings. The topological polar surface area (TPSA) is 76.7 Å². The Bertz CT molecular complexity index is 816. The number of benzene rings is 1. The van der Waals surface area contributed by atoms with Gasteiger partial charge in [-0.2, -0.15) is 0 Å². The first-order valence-electron chi connectivity index (χ1n) is 6.62. The number of nitrogens with zero attached hydrogens (tertiary/aromatic N) is 2. The molecule has 0 aliphatic heterocycles. The number of fused-ring (bicyclic) bond motifs is 1. The van der Waals surface area contributed by atoms with Crippen molar-refractivity contribution in [3.8, 4) is 11.5 Å². The number of imidazole rings is 1. The summed E-state index contributed by atoms with van der Waals surface area (Å²) in [4.78, 5) is 18.9. The zero-order chi connectivity index (χ0) is 14.1. The van der Waals surface area contributed by atoms with Crippen LogP contribution in [-0.4, -0.2) is 14.5 Å². The molecule has 0 aliphatic carbocycles. The molecule has 0 saturated carbocycles. The van der Waals surface area contributed by atoms with Crippen LogP contribution in [0.5, 0.6) is 0 Å². The van der Waals surface area contributed by atoms with Crippen LogP contribution in [0, 0.1) is 0 Å². The summed E-state index contributed by atoms with van der Waals surface area (Å²) in [5.41, 5.74) is 9.26. The molecule has 0 unspecified atom stereocenters. The summed E-state index contributed by atoms with van der Waals surface area (Å²) in [7, 11) is 0. The van der Waals surface area contributed by atoms with Crippen molar-refractivity contribution in [2.45, 2.75) is 20.0 Å². The van der Waals surface area contributed by atoms with Crippen LogP contribution in [0.15, 0.2) is 41.2 Å². The standard InChI is InChI=1S/C15H16N4O/c1-2-19-13-7-6-10(9-16)8-12(13)18-15(19)11-4-3-5-14(20)17-11/h3-8H,2,9,16H2,1H3,(H,17,20). The first-order valence-corrected chi connectivity index (χ1v) is 6.62. The van der Waals surface area contributed by atoms with E-state index >= 15 is 0 Å². The minimum absolute atomic E-state index is 0.125. The monoisotopic (exact) mass is 268 g/mol. The van der Waals surface area contributed by atoms with Crippen molar-refractivity contribution in [2.24, 2.45) is 5.73 Å². The Balaban J connectivity index is 2.27. The largest absolute Gasteiger partial charge is 0.326 e. The molecule has 102 valence electrons. The molecule has 2 heterocycles. The Morgan fingerprint density at radius 1 is 1.30 bits per heavy atom. The van der Waals surface area contributed by atoms with Crippen LogP contribution < -0.4 is 11.3 Å². The van der Waals surface area contributed by atoms with E-state index in [0.717, 1.165) is 34.7 Å². The van der Waals surface area contributed by atoms with E-state index in [1.165, 1.54) is 6.07 Å². The molecule has 3 rings (SSSR count). The van der Waals surface area contributed by atoms with Gasteiger partial charge in [0.25, 0.3) is 0 Å². The van der Waals surface area contributed by atoms with Gasteiger partial charge < -0.3 is 15.3 Å². The second-order valence-corrected chi connectivity index (χ2v) is 4.64. The molecule has 0 amide bonds. The van der Waals surface area contributed by atoms with Gasteiger partial charge in [0.1, 0.15) is 0 Å². The molecule has 0 atom stereocenters. The average Bonchev–Trinajstić information content (AvgIpc) is 2.84. The molecule has 20 heavy (non-hydrogen) atoms. The van der Waals surface area contributed by atoms with Crippen molar-refractivity contribution >= 4 is 11.0 Å². The Kier molecular flexibility index (Phi) is 3.12. The maximum atomic E-state index is 11.5. The number of hydrogen-bond acceptors (Lipinski definition) is 3. The van der Waals surface area contributed by atoms with Gasteiger partial charge in [0.15, 0.2) is 5.82 Å². The lowest BCUT2D eigenvalue weighted by atomic mass is 10.2. The lowest BCUT2D eigenvalue weighted by Gasteiger charge is -2.05. The molecule has 5 heteroatoms. The summed E-state index contributed by atoms with van der Waals surface area (Å²) in [6.45, 7) is 3.33. The van der Waals surface area contributed by atoms with Crippen LogP contribution in [0.2, 0.25) is 0 Å². The third-order valence-corrected chi connectivity index (χ3v) is 3.37. The van der Waals surface area contributed by atoms with Crippen molar-refractivity contribution in [2.75, 3.05) is 0 Å². The van der Waals surface area contributed by atoms with Crippen molar-refractivity contribution in [1.29, 1.82) is 0 Å². The fraction of sp³-hybridized carbons (Fsp3) is 0.200. The molecule has 2 aromatic heterocycles. The Hall–Kier alpha value is -2.40. The zero-order valence-corrected chi connectivity index (χ0v) is 11.3. The molecule has 3 aromatic rings. The summed E-state index contributed by atoms with van der Waals surface area (Å²) >= 11 is 0. The third-order valence-electron chi connectivity index (χ3n) is 3.37. The highest BCUT2D eigenvalue weighted by Crippen LogP contribution is 2.23. The average molecular weight is 268 g/mol. The first kappa shape index (κ1) is 12.6. The molecule has 0 saturated heterocycles. The van der Waals surface area contributed by atoms with E-state index in [9.17, 15) is 4.79 Å². The third kappa shape index (κ3) is 2.02. The van der Waals surface area contributed by atoms with E-state index in [2.05, 4.69) is 21.5 Å².